The number of hydrazone groups is 1. The van der Waals surface area contributed by atoms with Gasteiger partial charge in [0.15, 0.2) is 0 Å². The van der Waals surface area contributed by atoms with Crippen LogP contribution in [0.25, 0.3) is 0 Å². The zero-order chi connectivity index (χ0) is 9.68. The number of carbonyl (C=O) groups is 1. The van der Waals surface area contributed by atoms with Crippen LogP contribution < -0.4 is 5.43 Å². The first-order chi connectivity index (χ1) is 6.20. The molecular formula is C8H9N3O2. The number of nitrogens with one attached hydrogen (secondary N) is 1. The van der Waals surface area contributed by atoms with Gasteiger partial charge in [-0.15, -0.1) is 0 Å². The van der Waals surface area contributed by atoms with E-state index in [1.165, 1.54) is 0 Å². The molecule has 0 radical (unpaired) electrons. The minimum atomic E-state index is -1.18. The highest BCUT2D eigenvalue weighted by molar-refractivity contribution is 5.98. The average Bonchev–Trinajstić information content (AvgIpc) is 2.15. The molecule has 0 aliphatic rings. The van der Waals surface area contributed by atoms with Crippen molar-refractivity contribution in [2.24, 2.45) is 5.10 Å². The molecule has 68 valence electrons. The standard InChI is InChI=1S/C8H9N3O2/c1-6(10-11-8(12)13)7-3-2-4-9-5-7/h2-5,11H,1H3,(H,12,13)/b10-6+. The molecule has 0 unspecified atom stereocenters. The number of aromatic nitrogens is 1. The van der Waals surface area contributed by atoms with Gasteiger partial charge in [-0.1, -0.05) is 6.07 Å². The molecule has 0 bridgehead atoms. The van der Waals surface area contributed by atoms with Crippen molar-refractivity contribution < 1.29 is 9.90 Å². The van der Waals surface area contributed by atoms with E-state index in [0.717, 1.165) is 5.56 Å². The van der Waals surface area contributed by atoms with Crippen LogP contribution >= 0.6 is 0 Å². The molecule has 0 fully saturated rings. The largest absolute Gasteiger partial charge is 0.464 e. The Balaban J connectivity index is 2.73. The van der Waals surface area contributed by atoms with E-state index in [2.05, 4.69) is 10.1 Å². The second-order valence-electron chi connectivity index (χ2n) is 2.36. The first-order valence-corrected chi connectivity index (χ1v) is 3.64. The van der Waals surface area contributed by atoms with E-state index in [-0.39, 0.29) is 0 Å². The van der Waals surface area contributed by atoms with Crippen molar-refractivity contribution in [2.75, 3.05) is 0 Å². The normalized spacial score (nSPS) is 11.0. The molecule has 5 nitrogen and oxygen atoms in total. The maximum absolute atomic E-state index is 10.1. The van der Waals surface area contributed by atoms with Gasteiger partial charge in [0.25, 0.3) is 0 Å². The van der Waals surface area contributed by atoms with Crippen molar-refractivity contribution in [3.63, 3.8) is 0 Å². The molecule has 0 spiro atoms. The molecule has 1 amide bonds. The highest BCUT2D eigenvalue weighted by Crippen LogP contribution is 1.96. The predicted octanol–water partition coefficient (Wildman–Crippen LogP) is 1.07. The van der Waals surface area contributed by atoms with Crippen LogP contribution in [0.1, 0.15) is 12.5 Å². The van der Waals surface area contributed by atoms with Gasteiger partial charge in [-0.05, 0) is 13.0 Å². The van der Waals surface area contributed by atoms with Gasteiger partial charge in [0, 0.05) is 18.0 Å². The smallest absolute Gasteiger partial charge is 0.425 e. The van der Waals surface area contributed by atoms with Crippen LogP contribution in [-0.4, -0.2) is 21.9 Å². The fourth-order valence-corrected chi connectivity index (χ4v) is 0.773. The summed E-state index contributed by atoms with van der Waals surface area (Å²) in [4.78, 5) is 14.0. The quantitative estimate of drug-likeness (QED) is 0.526. The van der Waals surface area contributed by atoms with E-state index in [1.54, 1.807) is 31.5 Å². The molecular weight excluding hydrogens is 170 g/mol. The Morgan fingerprint density at radius 2 is 2.46 bits per heavy atom. The summed E-state index contributed by atoms with van der Waals surface area (Å²) in [6, 6.07) is 3.56. The summed E-state index contributed by atoms with van der Waals surface area (Å²) >= 11 is 0. The first kappa shape index (κ1) is 9.18. The van der Waals surface area contributed by atoms with E-state index in [0.29, 0.717) is 5.71 Å². The molecule has 0 aliphatic carbocycles. The van der Waals surface area contributed by atoms with Crippen molar-refractivity contribution in [3.8, 4) is 0 Å². The Bertz CT molecular complexity index is 321. The Morgan fingerprint density at radius 1 is 1.69 bits per heavy atom. The number of hydrogen-bond donors (Lipinski definition) is 2. The van der Waals surface area contributed by atoms with Crippen LogP contribution in [0.5, 0.6) is 0 Å². The van der Waals surface area contributed by atoms with Gasteiger partial charge < -0.3 is 5.11 Å². The summed E-state index contributed by atoms with van der Waals surface area (Å²) in [7, 11) is 0. The van der Waals surface area contributed by atoms with Crippen molar-refractivity contribution >= 4 is 11.8 Å². The fourth-order valence-electron chi connectivity index (χ4n) is 0.773. The van der Waals surface area contributed by atoms with Gasteiger partial charge in [-0.3, -0.25) is 4.98 Å². The van der Waals surface area contributed by atoms with Gasteiger partial charge in [-0.2, -0.15) is 5.10 Å². The van der Waals surface area contributed by atoms with Crippen LogP contribution in [0.2, 0.25) is 0 Å². The third-order valence-electron chi connectivity index (χ3n) is 1.40. The van der Waals surface area contributed by atoms with Gasteiger partial charge >= 0.3 is 6.09 Å². The van der Waals surface area contributed by atoms with Crippen molar-refractivity contribution in [1.29, 1.82) is 0 Å². The van der Waals surface area contributed by atoms with Gasteiger partial charge in [0.1, 0.15) is 0 Å². The summed E-state index contributed by atoms with van der Waals surface area (Å²) in [5, 5.41) is 11.9. The van der Waals surface area contributed by atoms with Crippen LogP contribution in [-0.2, 0) is 0 Å². The molecule has 5 heteroatoms. The summed E-state index contributed by atoms with van der Waals surface area (Å²) < 4.78 is 0. The molecule has 0 aliphatic heterocycles. The van der Waals surface area contributed by atoms with Crippen molar-refractivity contribution in [3.05, 3.63) is 30.1 Å². The minimum absolute atomic E-state index is 0.579. The summed E-state index contributed by atoms with van der Waals surface area (Å²) in [5.74, 6) is 0. The molecule has 0 saturated heterocycles. The summed E-state index contributed by atoms with van der Waals surface area (Å²) in [5.41, 5.74) is 3.29. The second kappa shape index (κ2) is 4.20. The Hall–Kier alpha value is -1.91. The average molecular weight is 179 g/mol. The second-order valence-corrected chi connectivity index (χ2v) is 2.36. The van der Waals surface area contributed by atoms with Crippen molar-refractivity contribution in [1.82, 2.24) is 10.4 Å². The van der Waals surface area contributed by atoms with Gasteiger partial charge in [0.2, 0.25) is 0 Å². The SMILES string of the molecule is C/C(=N\NC(=O)O)c1cccnc1. The number of carboxylic acid groups (broad SMARTS) is 1. The van der Waals surface area contributed by atoms with E-state index >= 15 is 0 Å². The Labute approximate surface area is 75.1 Å². The zero-order valence-electron chi connectivity index (χ0n) is 7.06. The maximum atomic E-state index is 10.1. The van der Waals surface area contributed by atoms with Crippen molar-refractivity contribution in [2.45, 2.75) is 6.92 Å². The van der Waals surface area contributed by atoms with E-state index in [1.807, 2.05) is 5.43 Å². The third kappa shape index (κ3) is 2.90. The summed E-state index contributed by atoms with van der Waals surface area (Å²) in [6.45, 7) is 1.70. The molecule has 1 rings (SSSR count). The number of amides is 1. The first-order valence-electron chi connectivity index (χ1n) is 3.64. The lowest BCUT2D eigenvalue weighted by atomic mass is 10.2. The van der Waals surface area contributed by atoms with E-state index < -0.39 is 6.09 Å². The number of nitrogens with zero attached hydrogens (tertiary/aromatic N) is 2. The summed E-state index contributed by atoms with van der Waals surface area (Å²) in [6.07, 6.45) is 2.08. The molecule has 1 aromatic heterocycles. The molecule has 0 aromatic carbocycles. The lowest BCUT2D eigenvalue weighted by Gasteiger charge is -1.98. The van der Waals surface area contributed by atoms with E-state index in [4.69, 9.17) is 5.11 Å². The third-order valence-corrected chi connectivity index (χ3v) is 1.40. The maximum Gasteiger partial charge on any atom is 0.425 e. The highest BCUT2D eigenvalue weighted by atomic mass is 16.4. The number of hydrogen-bond acceptors (Lipinski definition) is 3. The number of pyridine rings is 1. The lowest BCUT2D eigenvalue weighted by molar-refractivity contribution is 0.195. The monoisotopic (exact) mass is 179 g/mol. The molecule has 2 N–H and O–H groups in total. The molecule has 0 saturated carbocycles. The lowest BCUT2D eigenvalue weighted by Crippen LogP contribution is -2.16. The predicted molar refractivity (Wildman–Crippen MR) is 47.6 cm³/mol. The highest BCUT2D eigenvalue weighted by Gasteiger charge is 1.96. The van der Waals surface area contributed by atoms with Gasteiger partial charge in [0.05, 0.1) is 5.71 Å². The zero-order valence-corrected chi connectivity index (χ0v) is 7.06. The molecule has 13 heavy (non-hydrogen) atoms. The van der Waals surface area contributed by atoms with Crippen LogP contribution in [0.4, 0.5) is 4.79 Å². The van der Waals surface area contributed by atoms with Crippen LogP contribution in [0.15, 0.2) is 29.6 Å². The van der Waals surface area contributed by atoms with E-state index in [9.17, 15) is 4.79 Å². The Kier molecular flexibility index (Phi) is 2.97. The Morgan fingerprint density at radius 3 is 3.00 bits per heavy atom. The molecule has 0 atom stereocenters. The molecule has 1 aromatic rings. The van der Waals surface area contributed by atoms with Gasteiger partial charge in [-0.25, -0.2) is 10.2 Å². The number of rotatable bonds is 2. The fraction of sp³-hybridized carbons (Fsp3) is 0.125. The van der Waals surface area contributed by atoms with Crippen LogP contribution in [0.3, 0.4) is 0 Å². The molecule has 1 heterocycles. The topological polar surface area (TPSA) is 74.6 Å². The minimum Gasteiger partial charge on any atom is -0.464 e. The van der Waals surface area contributed by atoms with Crippen LogP contribution in [0, 0.1) is 0 Å².